The molecule has 3 aliphatic carbocycles. The van der Waals surface area contributed by atoms with Crippen molar-refractivity contribution in [1.82, 2.24) is 0 Å². The van der Waals surface area contributed by atoms with E-state index in [-0.39, 0.29) is 41.7 Å². The number of ketones is 1. The van der Waals surface area contributed by atoms with Gasteiger partial charge in [0.15, 0.2) is 0 Å². The fourth-order valence-corrected chi connectivity index (χ4v) is 7.50. The van der Waals surface area contributed by atoms with Crippen LogP contribution in [-0.4, -0.2) is 39.0 Å². The number of hydrogen-bond acceptors (Lipinski definition) is 4. The molecule has 29 heavy (non-hydrogen) atoms. The Kier molecular flexibility index (Phi) is 6.40. The molecule has 3 saturated carbocycles. The normalized spacial score (nSPS) is 48.5. The second-order valence-electron chi connectivity index (χ2n) is 10.6. The molecule has 9 atom stereocenters. The summed E-state index contributed by atoms with van der Waals surface area (Å²) in [5.41, 5.74) is -0.553. The standard InChI is InChI=1S/C25H42O4/c1-9-16(2)23(5)14-20(29-15-27-7)24(6)17(3)10-12-25(18(4)22(23)26)13-11-19(28-8)21(24)25/h9,16-21H,1,10-15H2,2-8H3/t16?,17-,18+,19?,20-,21?,23+,24+,25?/m1/s1. The lowest BCUT2D eigenvalue weighted by atomic mass is 9.43. The van der Waals surface area contributed by atoms with Gasteiger partial charge in [0.1, 0.15) is 12.6 Å². The van der Waals surface area contributed by atoms with Gasteiger partial charge in [0.2, 0.25) is 0 Å². The second kappa shape index (κ2) is 8.09. The molecule has 0 N–H and O–H groups in total. The number of carbonyl (C=O) groups is 1. The van der Waals surface area contributed by atoms with Gasteiger partial charge < -0.3 is 14.2 Å². The summed E-state index contributed by atoms with van der Waals surface area (Å²) >= 11 is 0. The average Bonchev–Trinajstić information content (AvgIpc) is 3.12. The topological polar surface area (TPSA) is 44.8 Å². The minimum Gasteiger partial charge on any atom is -0.381 e. The molecule has 2 bridgehead atoms. The number of carbonyl (C=O) groups excluding carboxylic acids is 1. The third-order valence-electron chi connectivity index (χ3n) is 9.83. The summed E-state index contributed by atoms with van der Waals surface area (Å²) in [6, 6.07) is 0. The first-order chi connectivity index (χ1) is 13.6. The number of hydrogen-bond donors (Lipinski definition) is 0. The van der Waals surface area contributed by atoms with E-state index in [1.165, 1.54) is 0 Å². The van der Waals surface area contributed by atoms with Gasteiger partial charge in [-0.15, -0.1) is 6.58 Å². The summed E-state index contributed by atoms with van der Waals surface area (Å²) in [6.07, 6.45) is 7.14. The monoisotopic (exact) mass is 406 g/mol. The van der Waals surface area contributed by atoms with Crippen molar-refractivity contribution in [3.63, 3.8) is 0 Å². The van der Waals surface area contributed by atoms with Gasteiger partial charge >= 0.3 is 0 Å². The number of methoxy groups -OCH3 is 2. The fraction of sp³-hybridized carbons (Fsp3) is 0.880. The number of ether oxygens (including phenoxy) is 3. The second-order valence-corrected chi connectivity index (χ2v) is 10.6. The molecule has 0 heterocycles. The first-order valence-corrected chi connectivity index (χ1v) is 11.4. The Morgan fingerprint density at radius 1 is 1.21 bits per heavy atom. The number of allylic oxidation sites excluding steroid dienone is 1. The van der Waals surface area contributed by atoms with Crippen LogP contribution in [0.4, 0.5) is 0 Å². The van der Waals surface area contributed by atoms with Crippen molar-refractivity contribution >= 4 is 5.78 Å². The summed E-state index contributed by atoms with van der Waals surface area (Å²) in [4.78, 5) is 14.1. The van der Waals surface area contributed by atoms with Crippen LogP contribution in [0.2, 0.25) is 0 Å². The maximum atomic E-state index is 14.1. The van der Waals surface area contributed by atoms with E-state index in [1.54, 1.807) is 7.11 Å². The molecule has 3 rings (SSSR count). The summed E-state index contributed by atoms with van der Waals surface area (Å²) < 4.78 is 17.8. The minimum absolute atomic E-state index is 0.00370. The van der Waals surface area contributed by atoms with Crippen molar-refractivity contribution < 1.29 is 19.0 Å². The van der Waals surface area contributed by atoms with Crippen LogP contribution in [0.1, 0.15) is 66.7 Å². The lowest BCUT2D eigenvalue weighted by Gasteiger charge is -2.62. The van der Waals surface area contributed by atoms with Crippen LogP contribution in [0, 0.1) is 39.9 Å². The van der Waals surface area contributed by atoms with Gasteiger partial charge in [0.05, 0.1) is 12.2 Å². The highest BCUT2D eigenvalue weighted by Crippen LogP contribution is 2.69. The molecule has 0 aromatic rings. The Morgan fingerprint density at radius 2 is 1.86 bits per heavy atom. The molecule has 0 spiro atoms. The van der Waals surface area contributed by atoms with E-state index in [2.05, 4.69) is 41.2 Å². The van der Waals surface area contributed by atoms with E-state index in [9.17, 15) is 4.79 Å². The molecule has 4 unspecified atom stereocenters. The quantitative estimate of drug-likeness (QED) is 0.446. The highest BCUT2D eigenvalue weighted by atomic mass is 16.7. The van der Waals surface area contributed by atoms with Crippen LogP contribution in [0.15, 0.2) is 12.7 Å². The van der Waals surface area contributed by atoms with Gasteiger partial charge in [-0.1, -0.05) is 40.7 Å². The Bertz CT molecular complexity index is 632. The first-order valence-electron chi connectivity index (χ1n) is 11.4. The summed E-state index contributed by atoms with van der Waals surface area (Å²) in [5, 5.41) is 0. The Balaban J connectivity index is 2.21. The zero-order valence-electron chi connectivity index (χ0n) is 19.6. The maximum Gasteiger partial charge on any atom is 0.146 e. The third-order valence-corrected chi connectivity index (χ3v) is 9.83. The van der Waals surface area contributed by atoms with Crippen molar-refractivity contribution in [3.8, 4) is 0 Å². The Hall–Kier alpha value is -0.710. The van der Waals surface area contributed by atoms with Gasteiger partial charge in [0, 0.05) is 31.0 Å². The van der Waals surface area contributed by atoms with Crippen molar-refractivity contribution in [3.05, 3.63) is 12.7 Å². The van der Waals surface area contributed by atoms with Crippen LogP contribution < -0.4 is 0 Å². The minimum atomic E-state index is -0.485. The Morgan fingerprint density at radius 3 is 2.45 bits per heavy atom. The molecule has 0 saturated heterocycles. The summed E-state index contributed by atoms with van der Waals surface area (Å²) in [7, 11) is 3.51. The molecular weight excluding hydrogens is 364 g/mol. The van der Waals surface area contributed by atoms with Crippen LogP contribution in [0.25, 0.3) is 0 Å². The molecular formula is C25H42O4. The van der Waals surface area contributed by atoms with E-state index in [4.69, 9.17) is 14.2 Å². The molecule has 3 aliphatic rings. The molecule has 4 heteroatoms. The lowest BCUT2D eigenvalue weighted by molar-refractivity contribution is -0.221. The van der Waals surface area contributed by atoms with E-state index < -0.39 is 5.41 Å². The summed E-state index contributed by atoms with van der Waals surface area (Å²) in [6.45, 7) is 15.6. The molecule has 166 valence electrons. The van der Waals surface area contributed by atoms with Crippen LogP contribution in [0.5, 0.6) is 0 Å². The highest BCUT2D eigenvalue weighted by Gasteiger charge is 2.68. The zero-order valence-corrected chi connectivity index (χ0v) is 19.6. The molecule has 0 aromatic carbocycles. The van der Waals surface area contributed by atoms with Crippen molar-refractivity contribution in [2.75, 3.05) is 21.0 Å². The molecule has 4 nitrogen and oxygen atoms in total. The smallest absolute Gasteiger partial charge is 0.146 e. The largest absolute Gasteiger partial charge is 0.381 e. The van der Waals surface area contributed by atoms with Crippen molar-refractivity contribution in [1.29, 1.82) is 0 Å². The zero-order chi connectivity index (χ0) is 21.6. The predicted octanol–water partition coefficient (Wildman–Crippen LogP) is 5.26. The van der Waals surface area contributed by atoms with Crippen LogP contribution >= 0.6 is 0 Å². The van der Waals surface area contributed by atoms with Crippen molar-refractivity contribution in [2.45, 2.75) is 78.9 Å². The maximum absolute atomic E-state index is 14.1. The lowest BCUT2D eigenvalue weighted by Crippen LogP contribution is -2.63. The van der Waals surface area contributed by atoms with Crippen LogP contribution in [-0.2, 0) is 19.0 Å². The van der Waals surface area contributed by atoms with E-state index in [0.29, 0.717) is 24.0 Å². The molecule has 0 aliphatic heterocycles. The summed E-state index contributed by atoms with van der Waals surface area (Å²) in [5.74, 6) is 1.33. The van der Waals surface area contributed by atoms with E-state index in [1.807, 2.05) is 13.2 Å². The van der Waals surface area contributed by atoms with Gasteiger partial charge in [-0.2, -0.15) is 0 Å². The van der Waals surface area contributed by atoms with Gasteiger partial charge in [-0.05, 0) is 55.3 Å². The van der Waals surface area contributed by atoms with Crippen LogP contribution in [0.3, 0.4) is 0 Å². The van der Waals surface area contributed by atoms with E-state index >= 15 is 0 Å². The highest BCUT2D eigenvalue weighted by molar-refractivity contribution is 5.88. The van der Waals surface area contributed by atoms with E-state index in [0.717, 1.165) is 25.7 Å². The molecule has 0 amide bonds. The third kappa shape index (κ3) is 3.16. The molecule has 3 fully saturated rings. The number of rotatable bonds is 6. The van der Waals surface area contributed by atoms with Gasteiger partial charge in [-0.25, -0.2) is 0 Å². The Labute approximate surface area is 177 Å². The fourth-order valence-electron chi connectivity index (χ4n) is 7.50. The van der Waals surface area contributed by atoms with Crippen molar-refractivity contribution in [2.24, 2.45) is 39.9 Å². The molecule has 0 aromatic heterocycles. The predicted molar refractivity (Wildman–Crippen MR) is 115 cm³/mol. The first kappa shape index (κ1) is 23.0. The van der Waals surface area contributed by atoms with Gasteiger partial charge in [0.25, 0.3) is 0 Å². The molecule has 0 radical (unpaired) electrons. The average molecular weight is 407 g/mol. The number of Topliss-reactive ketones (excluding diaryl/α,β-unsaturated/α-hetero) is 1. The SMILES string of the molecule is C=CC(C)[C@]1(C)C[C@@H](OCOC)[C@@]2(C)C3C(OC)CCC3(CC[C@H]2C)[C@@H](C)C1=O. The van der Waals surface area contributed by atoms with Gasteiger partial charge in [-0.3, -0.25) is 4.79 Å².